The van der Waals surface area contributed by atoms with E-state index in [1.807, 2.05) is 0 Å². The summed E-state index contributed by atoms with van der Waals surface area (Å²) in [6.45, 7) is 14.1. The van der Waals surface area contributed by atoms with Gasteiger partial charge in [-0.15, -0.1) is 0 Å². The minimum absolute atomic E-state index is 0.291. The molecular weight excluding hydrogens is 202 g/mol. The zero-order valence-electron chi connectivity index (χ0n) is 11.1. The normalized spacial score (nSPS) is 12.6. The first-order chi connectivity index (χ1) is 7.52. The van der Waals surface area contributed by atoms with Crippen LogP contribution in [0.4, 0.5) is 0 Å². The van der Waals surface area contributed by atoms with Gasteiger partial charge in [0.1, 0.15) is 6.61 Å². The molecule has 1 unspecified atom stereocenters. The molecule has 0 aromatic rings. The lowest BCUT2D eigenvalue weighted by Gasteiger charge is -2.27. The molecule has 0 radical (unpaired) electrons. The van der Waals surface area contributed by atoms with Gasteiger partial charge in [0.15, 0.2) is 0 Å². The number of esters is 1. The minimum atomic E-state index is -0.291. The Morgan fingerprint density at radius 1 is 1.38 bits per heavy atom. The van der Waals surface area contributed by atoms with Crippen molar-refractivity contribution in [2.45, 2.75) is 46.6 Å². The van der Waals surface area contributed by atoms with Crippen LogP contribution < -0.4 is 0 Å². The Morgan fingerprint density at radius 3 is 2.44 bits per heavy atom. The Hall–Kier alpha value is -0.830. The first-order valence-corrected chi connectivity index (χ1v) is 6.09. The molecule has 3 nitrogen and oxygen atoms in total. The van der Waals surface area contributed by atoms with Gasteiger partial charge in [0, 0.05) is 18.2 Å². The van der Waals surface area contributed by atoms with Crippen LogP contribution in [0.2, 0.25) is 0 Å². The number of nitrogens with zero attached hydrogens (tertiary/aromatic N) is 1. The summed E-state index contributed by atoms with van der Waals surface area (Å²) < 4.78 is 5.09. The van der Waals surface area contributed by atoms with Crippen molar-refractivity contribution in [1.29, 1.82) is 0 Å². The van der Waals surface area contributed by atoms with Crippen LogP contribution in [0, 0.1) is 0 Å². The maximum absolute atomic E-state index is 11.2. The second-order valence-electron chi connectivity index (χ2n) is 4.21. The van der Waals surface area contributed by atoms with Gasteiger partial charge in [-0.25, -0.2) is 4.79 Å². The molecule has 0 saturated heterocycles. The number of carbonyl (C=O) groups excluding carboxylic acids is 1. The van der Waals surface area contributed by atoms with Crippen molar-refractivity contribution in [2.75, 3.05) is 19.7 Å². The van der Waals surface area contributed by atoms with Gasteiger partial charge >= 0.3 is 5.97 Å². The van der Waals surface area contributed by atoms with Crippen LogP contribution in [0.25, 0.3) is 0 Å². The summed E-state index contributed by atoms with van der Waals surface area (Å²) in [6, 6.07) is 0.545. The van der Waals surface area contributed by atoms with Crippen molar-refractivity contribution in [3.63, 3.8) is 0 Å². The Morgan fingerprint density at radius 2 is 2.00 bits per heavy atom. The van der Waals surface area contributed by atoms with Crippen LogP contribution in [-0.4, -0.2) is 36.6 Å². The highest BCUT2D eigenvalue weighted by atomic mass is 16.5. The second kappa shape index (κ2) is 8.34. The maximum Gasteiger partial charge on any atom is 0.333 e. The molecule has 0 saturated carbocycles. The largest absolute Gasteiger partial charge is 0.461 e. The molecule has 0 heterocycles. The lowest BCUT2D eigenvalue weighted by atomic mass is 10.2. The molecule has 0 aliphatic carbocycles. The van der Waals surface area contributed by atoms with Gasteiger partial charge in [0.2, 0.25) is 0 Å². The van der Waals surface area contributed by atoms with Crippen LogP contribution in [-0.2, 0) is 9.53 Å². The topological polar surface area (TPSA) is 29.5 Å². The summed E-state index contributed by atoms with van der Waals surface area (Å²) >= 11 is 0. The third-order valence-electron chi connectivity index (χ3n) is 2.69. The van der Waals surface area contributed by atoms with Crippen molar-refractivity contribution >= 4 is 5.97 Å². The highest BCUT2D eigenvalue weighted by Gasteiger charge is 2.11. The molecule has 16 heavy (non-hydrogen) atoms. The summed E-state index contributed by atoms with van der Waals surface area (Å²) in [6.07, 6.45) is 2.24. The van der Waals surface area contributed by atoms with Gasteiger partial charge in [-0.3, -0.25) is 4.90 Å². The summed E-state index contributed by atoms with van der Waals surface area (Å²) in [5, 5.41) is 0. The third-order valence-corrected chi connectivity index (χ3v) is 2.69. The quantitative estimate of drug-likeness (QED) is 0.471. The fourth-order valence-electron chi connectivity index (χ4n) is 1.48. The van der Waals surface area contributed by atoms with Crippen LogP contribution >= 0.6 is 0 Å². The Kier molecular flexibility index (Phi) is 7.90. The van der Waals surface area contributed by atoms with Crippen LogP contribution in [0.15, 0.2) is 12.2 Å². The van der Waals surface area contributed by atoms with Gasteiger partial charge in [-0.05, 0) is 33.2 Å². The van der Waals surface area contributed by atoms with Gasteiger partial charge in [-0.1, -0.05) is 20.4 Å². The van der Waals surface area contributed by atoms with Gasteiger partial charge in [0.25, 0.3) is 0 Å². The van der Waals surface area contributed by atoms with E-state index in [2.05, 4.69) is 32.3 Å². The standard InChI is InChI=1S/C13H25NO2/c1-6-8-14(12(5)7-2)9-10-16-13(15)11(3)4/h12H,3,6-10H2,1-2,4-5H3. The Balaban J connectivity index is 3.93. The van der Waals surface area contributed by atoms with Crippen LogP contribution in [0.5, 0.6) is 0 Å². The van der Waals surface area contributed by atoms with E-state index in [1.54, 1.807) is 6.92 Å². The molecule has 94 valence electrons. The van der Waals surface area contributed by atoms with Crippen molar-refractivity contribution in [2.24, 2.45) is 0 Å². The first kappa shape index (κ1) is 15.2. The first-order valence-electron chi connectivity index (χ1n) is 6.09. The van der Waals surface area contributed by atoms with E-state index in [-0.39, 0.29) is 5.97 Å². The molecule has 0 aliphatic rings. The number of carbonyl (C=O) groups is 1. The van der Waals surface area contributed by atoms with Gasteiger partial charge < -0.3 is 4.74 Å². The van der Waals surface area contributed by atoms with Gasteiger partial charge in [-0.2, -0.15) is 0 Å². The zero-order chi connectivity index (χ0) is 12.6. The predicted octanol–water partition coefficient (Wildman–Crippen LogP) is 2.62. The summed E-state index contributed by atoms with van der Waals surface area (Å²) in [4.78, 5) is 13.5. The SMILES string of the molecule is C=C(C)C(=O)OCCN(CCC)C(C)CC. The van der Waals surface area contributed by atoms with Crippen molar-refractivity contribution in [3.8, 4) is 0 Å². The van der Waals surface area contributed by atoms with E-state index < -0.39 is 0 Å². The second-order valence-corrected chi connectivity index (χ2v) is 4.21. The van der Waals surface area contributed by atoms with Crippen molar-refractivity contribution < 1.29 is 9.53 Å². The van der Waals surface area contributed by atoms with Gasteiger partial charge in [0.05, 0.1) is 0 Å². The highest BCUT2D eigenvalue weighted by molar-refractivity contribution is 5.86. The molecular formula is C13H25NO2. The lowest BCUT2D eigenvalue weighted by Crippen LogP contribution is -2.36. The number of hydrogen-bond donors (Lipinski definition) is 0. The van der Waals surface area contributed by atoms with Crippen molar-refractivity contribution in [3.05, 3.63) is 12.2 Å². The molecule has 0 aromatic heterocycles. The monoisotopic (exact) mass is 227 g/mol. The Labute approximate surface area is 99.5 Å². The van der Waals surface area contributed by atoms with E-state index in [0.29, 0.717) is 18.2 Å². The minimum Gasteiger partial charge on any atom is -0.461 e. The summed E-state index contributed by atoms with van der Waals surface area (Å²) in [7, 11) is 0. The number of rotatable bonds is 8. The molecule has 1 atom stereocenters. The molecule has 0 spiro atoms. The van der Waals surface area contributed by atoms with Crippen molar-refractivity contribution in [1.82, 2.24) is 4.90 Å². The van der Waals surface area contributed by atoms with E-state index in [0.717, 1.165) is 25.9 Å². The fraction of sp³-hybridized carbons (Fsp3) is 0.769. The van der Waals surface area contributed by atoms with Crippen LogP contribution in [0.1, 0.15) is 40.5 Å². The lowest BCUT2D eigenvalue weighted by molar-refractivity contribution is -0.139. The van der Waals surface area contributed by atoms with E-state index in [4.69, 9.17) is 4.74 Å². The number of ether oxygens (including phenoxy) is 1. The molecule has 0 fully saturated rings. The molecule has 3 heteroatoms. The predicted molar refractivity (Wildman–Crippen MR) is 67.4 cm³/mol. The Bertz CT molecular complexity index is 226. The van der Waals surface area contributed by atoms with E-state index in [9.17, 15) is 4.79 Å². The fourth-order valence-corrected chi connectivity index (χ4v) is 1.48. The maximum atomic E-state index is 11.2. The molecule has 0 aromatic carbocycles. The highest BCUT2D eigenvalue weighted by Crippen LogP contribution is 2.04. The average Bonchev–Trinajstić information content (AvgIpc) is 2.26. The molecule has 0 bridgehead atoms. The molecule has 0 aliphatic heterocycles. The molecule has 0 N–H and O–H groups in total. The third kappa shape index (κ3) is 5.91. The number of hydrogen-bond acceptors (Lipinski definition) is 3. The van der Waals surface area contributed by atoms with E-state index in [1.165, 1.54) is 0 Å². The van der Waals surface area contributed by atoms with Crippen LogP contribution in [0.3, 0.4) is 0 Å². The summed E-state index contributed by atoms with van der Waals surface area (Å²) in [5.74, 6) is -0.291. The zero-order valence-corrected chi connectivity index (χ0v) is 11.1. The van der Waals surface area contributed by atoms with E-state index >= 15 is 0 Å². The molecule has 0 rings (SSSR count). The molecule has 0 amide bonds. The summed E-state index contributed by atoms with van der Waals surface area (Å²) in [5.41, 5.74) is 0.464. The average molecular weight is 227 g/mol. The smallest absolute Gasteiger partial charge is 0.333 e.